The number of carbonyl (C=O) groups excluding carboxylic acids is 3. The Kier molecular flexibility index (Phi) is 14.2. The van der Waals surface area contributed by atoms with Gasteiger partial charge in [0.2, 0.25) is 0 Å². The van der Waals surface area contributed by atoms with Crippen LogP contribution in [0.3, 0.4) is 0 Å². The van der Waals surface area contributed by atoms with Crippen LogP contribution in [0.15, 0.2) is 36.4 Å². The summed E-state index contributed by atoms with van der Waals surface area (Å²) in [6.07, 6.45) is 1.62. The van der Waals surface area contributed by atoms with E-state index in [9.17, 15) is 28.3 Å². The molecule has 0 fully saturated rings. The zero-order valence-electron chi connectivity index (χ0n) is 21.9. The average Bonchev–Trinajstić information content (AvgIpc) is 2.80. The van der Waals surface area contributed by atoms with Crippen LogP contribution >= 0.6 is 0 Å². The zero-order valence-corrected chi connectivity index (χ0v) is 24.7. The Morgan fingerprint density at radius 3 is 2.08 bits per heavy atom. The minimum Gasteiger partial charge on any atom is -0.393 e. The largest absolute Gasteiger partial charge is 0.393 e. The number of aliphatic hydroxyl groups is 1. The third-order valence-corrected chi connectivity index (χ3v) is 5.67. The molecular weight excluding hydrogens is 555 g/mol. The first-order valence-corrected chi connectivity index (χ1v) is 12.2. The average molecular weight is 591 g/mol. The number of aliphatic hydroxyl groups excluding tert-OH is 1. The van der Waals surface area contributed by atoms with Crippen LogP contribution in [0.4, 0.5) is 8.78 Å². The smallest absolute Gasteiger partial charge is 0.253 e. The first kappa shape index (κ1) is 32.9. The molecule has 2 N–H and O–H groups in total. The summed E-state index contributed by atoms with van der Waals surface area (Å²) < 4.78 is 27.4. The molecule has 2 aromatic carbocycles. The number of amides is 2. The van der Waals surface area contributed by atoms with Gasteiger partial charge >= 0.3 is 0 Å². The second-order valence-corrected chi connectivity index (χ2v) is 9.06. The van der Waals surface area contributed by atoms with Crippen LogP contribution in [0.2, 0.25) is 0 Å². The Labute approximate surface area is 243 Å². The van der Waals surface area contributed by atoms with Gasteiger partial charge in [-0.25, -0.2) is 8.78 Å². The Morgan fingerprint density at radius 2 is 1.54 bits per heavy atom. The number of benzene rings is 2. The van der Waals surface area contributed by atoms with Crippen molar-refractivity contribution >= 4 is 17.6 Å². The normalized spacial score (nSPS) is 12.2. The molecule has 1 radical (unpaired) electrons. The Bertz CT molecular complexity index is 1050. The molecule has 0 aromatic heterocycles. The van der Waals surface area contributed by atoms with Crippen LogP contribution in [-0.4, -0.2) is 52.8 Å². The number of hydrogen-bond acceptors (Lipinski definition) is 4. The topological polar surface area (TPSA) is 86.7 Å². The first-order chi connectivity index (χ1) is 17.0. The number of Topliss-reactive ketones (excluding diaryl/α,β-unsaturated/α-hetero) is 1. The minimum absolute atomic E-state index is 0. The number of ketones is 1. The van der Waals surface area contributed by atoms with Crippen molar-refractivity contribution in [2.75, 3.05) is 13.1 Å². The van der Waals surface area contributed by atoms with E-state index in [4.69, 9.17) is 0 Å². The van der Waals surface area contributed by atoms with E-state index in [-0.39, 0.29) is 68.4 Å². The molecule has 2 aromatic rings. The van der Waals surface area contributed by atoms with E-state index in [1.807, 2.05) is 13.8 Å². The fourth-order valence-electron chi connectivity index (χ4n) is 4.04. The van der Waals surface area contributed by atoms with Gasteiger partial charge in [-0.3, -0.25) is 9.59 Å². The summed E-state index contributed by atoms with van der Waals surface area (Å²) in [6, 6.07) is 6.92. The molecular formula is C28H35F2N2O4Y-. The van der Waals surface area contributed by atoms with Crippen LogP contribution in [0.1, 0.15) is 71.9 Å². The van der Waals surface area contributed by atoms with Crippen molar-refractivity contribution in [2.24, 2.45) is 0 Å². The number of aryl methyl sites for hydroxylation is 1. The number of rotatable bonds is 13. The van der Waals surface area contributed by atoms with Gasteiger partial charge in [0, 0.05) is 63.0 Å². The molecule has 6 nitrogen and oxygen atoms in total. The van der Waals surface area contributed by atoms with Crippen LogP contribution < -0.4 is 5.32 Å². The molecule has 0 saturated carbocycles. The van der Waals surface area contributed by atoms with Gasteiger partial charge in [0.25, 0.3) is 11.8 Å². The van der Waals surface area contributed by atoms with Crippen molar-refractivity contribution in [3.8, 4) is 0 Å². The number of halogens is 2. The van der Waals surface area contributed by atoms with E-state index in [0.29, 0.717) is 24.2 Å². The molecule has 37 heavy (non-hydrogen) atoms. The second-order valence-electron chi connectivity index (χ2n) is 9.06. The monoisotopic (exact) mass is 590 g/mol. The number of hydrogen-bond donors (Lipinski definition) is 2. The summed E-state index contributed by atoms with van der Waals surface area (Å²) in [5, 5.41) is 13.4. The third-order valence-electron chi connectivity index (χ3n) is 5.67. The summed E-state index contributed by atoms with van der Waals surface area (Å²) >= 11 is 0. The number of carbonyl (C=O) groups is 3. The maximum atomic E-state index is 13.7. The predicted octanol–water partition coefficient (Wildman–Crippen LogP) is 4.42. The maximum Gasteiger partial charge on any atom is 0.253 e. The maximum absolute atomic E-state index is 13.7. The Morgan fingerprint density at radius 1 is 0.973 bits per heavy atom. The van der Waals surface area contributed by atoms with E-state index in [1.54, 1.807) is 24.0 Å². The Hall–Kier alpha value is -2.16. The van der Waals surface area contributed by atoms with Crippen LogP contribution in [0.5, 0.6) is 0 Å². The molecule has 0 spiro atoms. The van der Waals surface area contributed by atoms with Gasteiger partial charge in [-0.2, -0.15) is 0 Å². The molecule has 0 aliphatic heterocycles. The first-order valence-electron chi connectivity index (χ1n) is 12.2. The van der Waals surface area contributed by atoms with E-state index < -0.39 is 29.7 Å². The van der Waals surface area contributed by atoms with Crippen molar-refractivity contribution in [2.45, 2.75) is 65.5 Å². The van der Waals surface area contributed by atoms with Crippen LogP contribution in [0.25, 0.3) is 0 Å². The standard InChI is InChI=1S/C28H35F2N2O4.Y/c1-5-9-32(10-6-2)28(36)22-12-18(3)11-21(16-22)27(35)31-25(26(34)8-7-19(4)33)15-20-13-23(29)17-24(30)14-20;/h7,11-14,16-17,25-26,34H,5-6,8-10,15H2,1-4H3,(H,31,35);/q-1;/t25-,26-;/m0./s1. The minimum atomic E-state index is -1.18. The fraction of sp³-hybridized carbons (Fsp3) is 0.429. The molecule has 9 heteroatoms. The van der Waals surface area contributed by atoms with Gasteiger partial charge in [-0.05, 0) is 80.4 Å². The quantitative estimate of drug-likeness (QED) is 0.339. The van der Waals surface area contributed by atoms with Crippen molar-refractivity contribution in [3.63, 3.8) is 0 Å². The van der Waals surface area contributed by atoms with Gasteiger partial charge in [-0.1, -0.05) is 13.8 Å². The predicted molar refractivity (Wildman–Crippen MR) is 135 cm³/mol. The molecule has 0 bridgehead atoms. The molecule has 199 valence electrons. The van der Waals surface area contributed by atoms with Crippen LogP contribution in [0, 0.1) is 25.0 Å². The summed E-state index contributed by atoms with van der Waals surface area (Å²) in [7, 11) is 0. The van der Waals surface area contributed by atoms with Crippen LogP contribution in [-0.2, 0) is 43.9 Å². The van der Waals surface area contributed by atoms with Crippen molar-refractivity contribution < 1.29 is 61.0 Å². The third kappa shape index (κ3) is 10.6. The molecule has 0 aliphatic carbocycles. The van der Waals surface area contributed by atoms with E-state index in [0.717, 1.165) is 31.0 Å². The van der Waals surface area contributed by atoms with E-state index in [2.05, 4.69) is 5.32 Å². The second kappa shape index (κ2) is 15.9. The molecule has 0 saturated heterocycles. The molecule has 2 rings (SSSR count). The fourth-order valence-corrected chi connectivity index (χ4v) is 4.04. The van der Waals surface area contributed by atoms with Gasteiger partial charge in [0.05, 0.1) is 12.1 Å². The SMILES string of the molecule is CCCN(CCC)C(=O)c1cc(C)cc(C(=O)N[C@@H](Cc2cc(F)cc(F)c2)[C@@H](O)C[CH-]C(C)=O)c1.[Y]. The summed E-state index contributed by atoms with van der Waals surface area (Å²) in [5.74, 6) is -2.51. The van der Waals surface area contributed by atoms with Gasteiger partial charge < -0.3 is 26.5 Å². The Balaban J connectivity index is 0.00000684. The number of nitrogens with zero attached hydrogens (tertiary/aromatic N) is 1. The van der Waals surface area contributed by atoms with E-state index in [1.165, 1.54) is 19.4 Å². The molecule has 0 aliphatic rings. The molecule has 2 amide bonds. The van der Waals surface area contributed by atoms with Gasteiger partial charge in [0.15, 0.2) is 0 Å². The van der Waals surface area contributed by atoms with Crippen molar-refractivity contribution in [1.82, 2.24) is 10.2 Å². The van der Waals surface area contributed by atoms with Gasteiger partial charge in [0.1, 0.15) is 11.6 Å². The molecule has 0 heterocycles. The van der Waals surface area contributed by atoms with E-state index >= 15 is 0 Å². The molecule has 0 unspecified atom stereocenters. The van der Waals surface area contributed by atoms with Crippen molar-refractivity contribution in [1.29, 1.82) is 0 Å². The molecule has 2 atom stereocenters. The number of nitrogens with one attached hydrogen (secondary N) is 1. The van der Waals surface area contributed by atoms with Crippen molar-refractivity contribution in [3.05, 3.63) is 76.7 Å². The summed E-state index contributed by atoms with van der Waals surface area (Å²) in [6.45, 7) is 8.31. The summed E-state index contributed by atoms with van der Waals surface area (Å²) in [4.78, 5) is 39.4. The summed E-state index contributed by atoms with van der Waals surface area (Å²) in [5.41, 5.74) is 1.57. The zero-order chi connectivity index (χ0) is 26.8. The van der Waals surface area contributed by atoms with Gasteiger partial charge in [-0.15, -0.1) is 6.42 Å².